The van der Waals surface area contributed by atoms with Crippen LogP contribution < -0.4 is 5.32 Å². The Balaban J connectivity index is 1.62. The predicted octanol–water partition coefficient (Wildman–Crippen LogP) is 2.03. The minimum Gasteiger partial charge on any atom is -0.316 e. The Kier molecular flexibility index (Phi) is 3.19. The molecule has 3 heterocycles. The molecule has 0 bridgehead atoms. The number of rotatable bonds is 2. The fourth-order valence-corrected chi connectivity index (χ4v) is 3.27. The summed E-state index contributed by atoms with van der Waals surface area (Å²) < 4.78 is 1.05. The van der Waals surface area contributed by atoms with Crippen LogP contribution in [-0.4, -0.2) is 36.1 Å². The topological polar surface area (TPSA) is 28.2 Å². The fourth-order valence-electron chi connectivity index (χ4n) is 3.04. The average Bonchev–Trinajstić information content (AvgIpc) is 2.94. The van der Waals surface area contributed by atoms with Gasteiger partial charge in [0, 0.05) is 30.3 Å². The quantitative estimate of drug-likeness (QED) is 0.905. The van der Waals surface area contributed by atoms with Crippen molar-refractivity contribution in [1.82, 2.24) is 15.2 Å². The van der Waals surface area contributed by atoms with Crippen molar-refractivity contribution in [1.29, 1.82) is 0 Å². The van der Waals surface area contributed by atoms with E-state index in [4.69, 9.17) is 0 Å². The maximum Gasteiger partial charge on any atom is 0.0544 e. The van der Waals surface area contributed by atoms with Gasteiger partial charge in [-0.1, -0.05) is 0 Å². The van der Waals surface area contributed by atoms with Gasteiger partial charge in [0.2, 0.25) is 0 Å². The minimum atomic E-state index is 0.565. The van der Waals surface area contributed by atoms with Crippen molar-refractivity contribution in [3.05, 3.63) is 28.5 Å². The Labute approximate surface area is 111 Å². The zero-order chi connectivity index (χ0) is 11.7. The van der Waals surface area contributed by atoms with Crippen molar-refractivity contribution in [2.24, 2.45) is 5.41 Å². The highest BCUT2D eigenvalue weighted by Crippen LogP contribution is 2.36. The first kappa shape index (κ1) is 11.6. The molecule has 0 saturated carbocycles. The van der Waals surface area contributed by atoms with Crippen LogP contribution in [0.2, 0.25) is 0 Å². The summed E-state index contributed by atoms with van der Waals surface area (Å²) in [5.41, 5.74) is 1.74. The molecule has 17 heavy (non-hydrogen) atoms. The van der Waals surface area contributed by atoms with Crippen molar-refractivity contribution < 1.29 is 0 Å². The zero-order valence-electron chi connectivity index (χ0n) is 9.95. The summed E-state index contributed by atoms with van der Waals surface area (Å²) in [6, 6.07) is 4.19. The monoisotopic (exact) mass is 295 g/mol. The van der Waals surface area contributed by atoms with E-state index in [2.05, 4.69) is 43.3 Å². The molecular weight excluding hydrogens is 278 g/mol. The Morgan fingerprint density at radius 2 is 2.35 bits per heavy atom. The molecule has 4 heteroatoms. The Bertz CT molecular complexity index is 384. The van der Waals surface area contributed by atoms with Gasteiger partial charge in [0.1, 0.15) is 0 Å². The molecule has 0 amide bonds. The fraction of sp³-hybridized carbons (Fsp3) is 0.615. The third-order valence-corrected chi connectivity index (χ3v) is 4.49. The number of nitrogens with zero attached hydrogens (tertiary/aromatic N) is 2. The standard InChI is InChI=1S/C13H18BrN3/c14-11-1-2-12(16-7-11)8-17-6-4-13(10-17)3-5-15-9-13/h1-2,7,15H,3-6,8-10H2. The number of aromatic nitrogens is 1. The molecule has 2 fully saturated rings. The van der Waals surface area contributed by atoms with E-state index in [9.17, 15) is 0 Å². The van der Waals surface area contributed by atoms with E-state index in [0.717, 1.165) is 11.0 Å². The molecule has 2 aliphatic heterocycles. The van der Waals surface area contributed by atoms with Gasteiger partial charge in [0.25, 0.3) is 0 Å². The summed E-state index contributed by atoms with van der Waals surface area (Å²) in [6.07, 6.45) is 4.58. The second kappa shape index (κ2) is 4.67. The Morgan fingerprint density at radius 1 is 1.41 bits per heavy atom. The van der Waals surface area contributed by atoms with Gasteiger partial charge in [0.05, 0.1) is 5.69 Å². The number of pyridine rings is 1. The van der Waals surface area contributed by atoms with Crippen LogP contribution in [0.15, 0.2) is 22.8 Å². The van der Waals surface area contributed by atoms with Gasteiger partial charge in [-0.3, -0.25) is 9.88 Å². The van der Waals surface area contributed by atoms with Gasteiger partial charge in [-0.05, 0) is 59.4 Å². The number of halogens is 1. The van der Waals surface area contributed by atoms with E-state index in [1.165, 1.54) is 44.7 Å². The van der Waals surface area contributed by atoms with Gasteiger partial charge in [0.15, 0.2) is 0 Å². The Hall–Kier alpha value is -0.450. The molecule has 0 aliphatic carbocycles. The van der Waals surface area contributed by atoms with Gasteiger partial charge in [-0.25, -0.2) is 0 Å². The van der Waals surface area contributed by atoms with Crippen LogP contribution in [0.1, 0.15) is 18.5 Å². The molecule has 3 rings (SSSR count). The van der Waals surface area contributed by atoms with Gasteiger partial charge >= 0.3 is 0 Å². The lowest BCUT2D eigenvalue weighted by Gasteiger charge is -2.22. The van der Waals surface area contributed by atoms with Crippen molar-refractivity contribution in [3.8, 4) is 0 Å². The lowest BCUT2D eigenvalue weighted by Crippen LogP contribution is -2.29. The maximum absolute atomic E-state index is 4.45. The first-order valence-corrected chi connectivity index (χ1v) is 7.09. The van der Waals surface area contributed by atoms with Crippen LogP contribution in [0.4, 0.5) is 0 Å². The summed E-state index contributed by atoms with van der Waals surface area (Å²) in [5, 5.41) is 3.50. The molecule has 2 saturated heterocycles. The normalized spacial score (nSPS) is 29.2. The third-order valence-electron chi connectivity index (χ3n) is 4.02. The lowest BCUT2D eigenvalue weighted by molar-refractivity contribution is 0.266. The molecular formula is C13H18BrN3. The number of nitrogens with one attached hydrogen (secondary N) is 1. The molecule has 1 atom stereocenters. The van der Waals surface area contributed by atoms with Crippen LogP contribution in [0, 0.1) is 5.41 Å². The number of hydrogen-bond donors (Lipinski definition) is 1. The van der Waals surface area contributed by atoms with Crippen molar-refractivity contribution >= 4 is 15.9 Å². The molecule has 0 aromatic carbocycles. The van der Waals surface area contributed by atoms with Crippen molar-refractivity contribution in [2.45, 2.75) is 19.4 Å². The van der Waals surface area contributed by atoms with E-state index >= 15 is 0 Å². The van der Waals surface area contributed by atoms with E-state index in [0.29, 0.717) is 5.41 Å². The largest absolute Gasteiger partial charge is 0.316 e. The molecule has 1 unspecified atom stereocenters. The average molecular weight is 296 g/mol. The molecule has 1 aromatic rings. The molecule has 1 aromatic heterocycles. The smallest absolute Gasteiger partial charge is 0.0544 e. The van der Waals surface area contributed by atoms with E-state index in [1.807, 2.05) is 6.20 Å². The summed E-state index contributed by atoms with van der Waals surface area (Å²) in [6.45, 7) is 5.85. The highest BCUT2D eigenvalue weighted by atomic mass is 79.9. The first-order valence-electron chi connectivity index (χ1n) is 6.29. The molecule has 2 aliphatic rings. The highest BCUT2D eigenvalue weighted by molar-refractivity contribution is 9.10. The molecule has 1 N–H and O–H groups in total. The molecule has 1 spiro atoms. The second-order valence-electron chi connectivity index (χ2n) is 5.36. The van der Waals surface area contributed by atoms with Crippen LogP contribution in [0.5, 0.6) is 0 Å². The van der Waals surface area contributed by atoms with Gasteiger partial charge in [-0.15, -0.1) is 0 Å². The van der Waals surface area contributed by atoms with Gasteiger partial charge in [-0.2, -0.15) is 0 Å². The highest BCUT2D eigenvalue weighted by Gasteiger charge is 2.40. The molecule has 3 nitrogen and oxygen atoms in total. The van der Waals surface area contributed by atoms with Crippen LogP contribution in [0.25, 0.3) is 0 Å². The van der Waals surface area contributed by atoms with Crippen molar-refractivity contribution in [3.63, 3.8) is 0 Å². The lowest BCUT2D eigenvalue weighted by atomic mass is 9.87. The first-order chi connectivity index (χ1) is 8.26. The van der Waals surface area contributed by atoms with Crippen molar-refractivity contribution in [2.75, 3.05) is 26.2 Å². The van der Waals surface area contributed by atoms with E-state index in [1.54, 1.807) is 0 Å². The zero-order valence-corrected chi connectivity index (χ0v) is 11.5. The maximum atomic E-state index is 4.45. The van der Waals surface area contributed by atoms with Crippen LogP contribution >= 0.6 is 15.9 Å². The predicted molar refractivity (Wildman–Crippen MR) is 71.8 cm³/mol. The second-order valence-corrected chi connectivity index (χ2v) is 6.27. The molecule has 0 radical (unpaired) electrons. The SMILES string of the molecule is Brc1ccc(CN2CCC3(CCNC3)C2)nc1. The summed E-state index contributed by atoms with van der Waals surface area (Å²) in [7, 11) is 0. The number of hydrogen-bond acceptors (Lipinski definition) is 3. The Morgan fingerprint density at radius 3 is 3.06 bits per heavy atom. The number of likely N-dealkylation sites (tertiary alicyclic amines) is 1. The summed E-state index contributed by atoms with van der Waals surface area (Å²) in [4.78, 5) is 7.00. The van der Waals surface area contributed by atoms with E-state index < -0.39 is 0 Å². The van der Waals surface area contributed by atoms with E-state index in [-0.39, 0.29) is 0 Å². The third kappa shape index (κ3) is 2.54. The molecule has 92 valence electrons. The minimum absolute atomic E-state index is 0.565. The van der Waals surface area contributed by atoms with Crippen LogP contribution in [-0.2, 0) is 6.54 Å². The summed E-state index contributed by atoms with van der Waals surface area (Å²) in [5.74, 6) is 0. The van der Waals surface area contributed by atoms with Crippen LogP contribution in [0.3, 0.4) is 0 Å². The van der Waals surface area contributed by atoms with Gasteiger partial charge < -0.3 is 5.32 Å². The summed E-state index contributed by atoms with van der Waals surface area (Å²) >= 11 is 3.42.